The van der Waals surface area contributed by atoms with Crippen LogP contribution >= 0.6 is 23.4 Å². The molecule has 4 nitrogen and oxygen atoms in total. The van der Waals surface area contributed by atoms with E-state index in [2.05, 4.69) is 52.9 Å². The van der Waals surface area contributed by atoms with E-state index in [1.54, 1.807) is 11.8 Å². The first kappa shape index (κ1) is 18.8. The summed E-state index contributed by atoms with van der Waals surface area (Å²) in [4.78, 5) is 0. The SMILES string of the molecule is CCn1c(COc2cc(C)ccc2Cl)nnc1SCc1ccccc1C. The second kappa shape index (κ2) is 8.60. The van der Waals surface area contributed by atoms with Gasteiger partial charge in [-0.25, -0.2) is 0 Å². The minimum atomic E-state index is 0.342. The number of nitrogens with zero attached hydrogens (tertiary/aromatic N) is 3. The third-order valence-electron chi connectivity index (χ3n) is 4.17. The van der Waals surface area contributed by atoms with Crippen LogP contribution in [0.4, 0.5) is 0 Å². The molecule has 3 rings (SSSR count). The van der Waals surface area contributed by atoms with Crippen molar-refractivity contribution in [3.8, 4) is 5.75 Å². The second-order valence-corrected chi connectivity index (χ2v) is 7.43. The van der Waals surface area contributed by atoms with Gasteiger partial charge in [0.15, 0.2) is 11.0 Å². The van der Waals surface area contributed by atoms with Gasteiger partial charge in [0.1, 0.15) is 12.4 Å². The quantitative estimate of drug-likeness (QED) is 0.506. The van der Waals surface area contributed by atoms with E-state index >= 15 is 0 Å². The maximum Gasteiger partial charge on any atom is 0.191 e. The molecule has 0 amide bonds. The fraction of sp³-hybridized carbons (Fsp3) is 0.300. The topological polar surface area (TPSA) is 39.9 Å². The Kier molecular flexibility index (Phi) is 6.22. The average molecular weight is 388 g/mol. The van der Waals surface area contributed by atoms with Crippen LogP contribution in [-0.2, 0) is 18.9 Å². The molecule has 6 heteroatoms. The minimum absolute atomic E-state index is 0.342. The summed E-state index contributed by atoms with van der Waals surface area (Å²) in [6, 6.07) is 14.2. The van der Waals surface area contributed by atoms with Gasteiger partial charge in [-0.2, -0.15) is 0 Å². The number of halogens is 1. The van der Waals surface area contributed by atoms with Gasteiger partial charge in [0, 0.05) is 12.3 Å². The number of rotatable bonds is 7. The van der Waals surface area contributed by atoms with E-state index in [1.165, 1.54) is 11.1 Å². The van der Waals surface area contributed by atoms with Crippen LogP contribution in [0.5, 0.6) is 5.75 Å². The van der Waals surface area contributed by atoms with Crippen molar-refractivity contribution in [3.63, 3.8) is 0 Å². The van der Waals surface area contributed by atoms with E-state index in [0.717, 1.165) is 28.8 Å². The number of hydrogen-bond donors (Lipinski definition) is 0. The zero-order valence-corrected chi connectivity index (χ0v) is 16.8. The lowest BCUT2D eigenvalue weighted by Gasteiger charge is -2.10. The van der Waals surface area contributed by atoms with Crippen LogP contribution in [0.2, 0.25) is 5.02 Å². The van der Waals surface area contributed by atoms with Crippen molar-refractivity contribution in [1.82, 2.24) is 14.8 Å². The molecule has 2 aromatic carbocycles. The third kappa shape index (κ3) is 4.40. The first-order valence-electron chi connectivity index (χ1n) is 8.56. The van der Waals surface area contributed by atoms with Gasteiger partial charge in [-0.05, 0) is 49.6 Å². The Labute approximate surface area is 163 Å². The molecule has 26 heavy (non-hydrogen) atoms. The smallest absolute Gasteiger partial charge is 0.191 e. The molecule has 0 bridgehead atoms. The lowest BCUT2D eigenvalue weighted by Crippen LogP contribution is -2.07. The Morgan fingerprint density at radius 1 is 1.12 bits per heavy atom. The number of aromatic nitrogens is 3. The third-order valence-corrected chi connectivity index (χ3v) is 5.50. The van der Waals surface area contributed by atoms with E-state index in [1.807, 2.05) is 25.1 Å². The molecule has 0 aliphatic carbocycles. The van der Waals surface area contributed by atoms with Crippen molar-refractivity contribution < 1.29 is 4.74 Å². The van der Waals surface area contributed by atoms with E-state index in [0.29, 0.717) is 17.4 Å². The molecule has 0 unspecified atom stereocenters. The van der Waals surface area contributed by atoms with Crippen molar-refractivity contribution in [1.29, 1.82) is 0 Å². The first-order chi connectivity index (χ1) is 12.6. The molecule has 0 saturated heterocycles. The Hall–Kier alpha value is -1.98. The van der Waals surface area contributed by atoms with Crippen LogP contribution in [0, 0.1) is 13.8 Å². The number of hydrogen-bond acceptors (Lipinski definition) is 4. The Morgan fingerprint density at radius 2 is 1.92 bits per heavy atom. The number of benzene rings is 2. The maximum absolute atomic E-state index is 6.20. The predicted octanol–water partition coefficient (Wildman–Crippen LogP) is 5.44. The number of aryl methyl sites for hydroxylation is 2. The van der Waals surface area contributed by atoms with E-state index in [4.69, 9.17) is 16.3 Å². The maximum atomic E-state index is 6.20. The molecular weight excluding hydrogens is 366 g/mol. The fourth-order valence-electron chi connectivity index (χ4n) is 2.63. The lowest BCUT2D eigenvalue weighted by atomic mass is 10.1. The monoisotopic (exact) mass is 387 g/mol. The highest BCUT2D eigenvalue weighted by molar-refractivity contribution is 7.98. The van der Waals surface area contributed by atoms with Gasteiger partial charge >= 0.3 is 0 Å². The van der Waals surface area contributed by atoms with Gasteiger partial charge in [0.05, 0.1) is 5.02 Å². The second-order valence-electron chi connectivity index (χ2n) is 6.08. The van der Waals surface area contributed by atoms with Gasteiger partial charge in [-0.3, -0.25) is 0 Å². The van der Waals surface area contributed by atoms with E-state index in [9.17, 15) is 0 Å². The molecule has 0 fully saturated rings. The number of ether oxygens (including phenoxy) is 1. The summed E-state index contributed by atoms with van der Waals surface area (Å²) in [5.41, 5.74) is 3.71. The Bertz CT molecular complexity index is 895. The van der Waals surface area contributed by atoms with Crippen molar-refractivity contribution in [2.45, 2.75) is 44.8 Å². The summed E-state index contributed by atoms with van der Waals surface area (Å²) < 4.78 is 7.97. The molecule has 0 aliphatic heterocycles. The summed E-state index contributed by atoms with van der Waals surface area (Å²) in [6.45, 7) is 7.37. The lowest BCUT2D eigenvalue weighted by molar-refractivity contribution is 0.288. The molecular formula is C20H22ClN3OS. The van der Waals surface area contributed by atoms with Crippen molar-refractivity contribution in [3.05, 3.63) is 70.0 Å². The van der Waals surface area contributed by atoms with Gasteiger partial charge < -0.3 is 9.30 Å². The van der Waals surface area contributed by atoms with E-state index < -0.39 is 0 Å². The summed E-state index contributed by atoms with van der Waals surface area (Å²) in [5, 5.41) is 10.2. The molecule has 3 aromatic rings. The molecule has 0 atom stereocenters. The van der Waals surface area contributed by atoms with Gasteiger partial charge in [0.2, 0.25) is 0 Å². The highest BCUT2D eigenvalue weighted by Gasteiger charge is 2.13. The molecule has 0 saturated carbocycles. The van der Waals surface area contributed by atoms with Crippen molar-refractivity contribution in [2.24, 2.45) is 0 Å². The predicted molar refractivity (Wildman–Crippen MR) is 107 cm³/mol. The molecule has 136 valence electrons. The van der Waals surface area contributed by atoms with Crippen molar-refractivity contribution in [2.75, 3.05) is 0 Å². The van der Waals surface area contributed by atoms with Crippen LogP contribution in [-0.4, -0.2) is 14.8 Å². The Balaban J connectivity index is 1.70. The van der Waals surface area contributed by atoms with Gasteiger partial charge in [0.25, 0.3) is 0 Å². The molecule has 1 heterocycles. The number of thioether (sulfide) groups is 1. The molecule has 0 aliphatic rings. The minimum Gasteiger partial charge on any atom is -0.484 e. The Morgan fingerprint density at radius 3 is 2.69 bits per heavy atom. The molecule has 0 spiro atoms. The van der Waals surface area contributed by atoms with Crippen LogP contribution in [0.1, 0.15) is 29.4 Å². The summed E-state index contributed by atoms with van der Waals surface area (Å²) in [7, 11) is 0. The molecule has 0 radical (unpaired) electrons. The average Bonchev–Trinajstić information content (AvgIpc) is 3.03. The fourth-order valence-corrected chi connectivity index (χ4v) is 3.90. The summed E-state index contributed by atoms with van der Waals surface area (Å²) in [5.74, 6) is 2.35. The largest absolute Gasteiger partial charge is 0.484 e. The zero-order valence-electron chi connectivity index (χ0n) is 15.2. The molecule has 0 N–H and O–H groups in total. The molecule has 1 aromatic heterocycles. The van der Waals surface area contributed by atoms with Crippen LogP contribution in [0.15, 0.2) is 47.6 Å². The van der Waals surface area contributed by atoms with Crippen LogP contribution < -0.4 is 4.74 Å². The summed E-state index contributed by atoms with van der Waals surface area (Å²) >= 11 is 7.90. The standard InChI is InChI=1S/C20H22ClN3OS/c1-4-24-19(12-25-18-11-14(2)9-10-17(18)21)22-23-20(24)26-13-16-8-6-5-7-15(16)3/h5-11H,4,12-13H2,1-3H3. The normalized spacial score (nSPS) is 10.9. The van der Waals surface area contributed by atoms with Crippen molar-refractivity contribution >= 4 is 23.4 Å². The first-order valence-corrected chi connectivity index (χ1v) is 9.93. The zero-order chi connectivity index (χ0) is 18.5. The van der Waals surface area contributed by atoms with Gasteiger partial charge in [-0.1, -0.05) is 53.7 Å². The highest BCUT2D eigenvalue weighted by Crippen LogP contribution is 2.27. The van der Waals surface area contributed by atoms with Crippen LogP contribution in [0.25, 0.3) is 0 Å². The summed E-state index contributed by atoms with van der Waals surface area (Å²) in [6.07, 6.45) is 0. The highest BCUT2D eigenvalue weighted by atomic mass is 35.5. The van der Waals surface area contributed by atoms with E-state index in [-0.39, 0.29) is 0 Å². The van der Waals surface area contributed by atoms with Gasteiger partial charge in [-0.15, -0.1) is 10.2 Å². The van der Waals surface area contributed by atoms with Crippen LogP contribution in [0.3, 0.4) is 0 Å².